The van der Waals surface area contributed by atoms with Crippen LogP contribution in [0.25, 0.3) is 0 Å². The van der Waals surface area contributed by atoms with E-state index >= 15 is 0 Å². The molecule has 0 aliphatic rings. The van der Waals surface area contributed by atoms with Crippen LogP contribution in [0.15, 0.2) is 60.8 Å². The SMILES string of the molecule is Cc1cccc(NC(=S)N(CCCN(CC(C)C)CC(C)C)Cc2cccn2Cc2ccc(Cl)cc2)c1C. The summed E-state index contributed by atoms with van der Waals surface area (Å²) in [5, 5.41) is 5.10. The van der Waals surface area contributed by atoms with E-state index in [1.54, 1.807) is 0 Å². The standard InChI is InChI=1S/C32H45ClN4S/c1-24(2)20-35(21-25(3)4)17-9-19-37(32(38)34-31-12-7-10-26(5)27(31)6)23-30-11-8-18-36(30)22-28-13-15-29(33)16-14-28/h7-8,10-16,18,24-25H,9,17,19-23H2,1-6H3,(H,34,38). The predicted molar refractivity (Wildman–Crippen MR) is 168 cm³/mol. The lowest BCUT2D eigenvalue weighted by molar-refractivity contribution is 0.209. The number of nitrogens with zero attached hydrogens (tertiary/aromatic N) is 3. The van der Waals surface area contributed by atoms with Crippen molar-refractivity contribution in [2.24, 2.45) is 11.8 Å². The number of thiocarbonyl (C=S) groups is 1. The van der Waals surface area contributed by atoms with E-state index in [2.05, 4.69) is 110 Å². The van der Waals surface area contributed by atoms with Crippen LogP contribution in [-0.4, -0.2) is 45.7 Å². The molecule has 4 nitrogen and oxygen atoms in total. The van der Waals surface area contributed by atoms with Gasteiger partial charge in [-0.15, -0.1) is 0 Å². The maximum atomic E-state index is 6.10. The molecule has 2 aromatic carbocycles. The van der Waals surface area contributed by atoms with E-state index in [0.717, 1.165) is 61.5 Å². The zero-order valence-corrected chi connectivity index (χ0v) is 25.6. The van der Waals surface area contributed by atoms with Crippen molar-refractivity contribution in [3.63, 3.8) is 0 Å². The second-order valence-electron chi connectivity index (χ2n) is 11.3. The van der Waals surface area contributed by atoms with Crippen LogP contribution in [0.2, 0.25) is 5.02 Å². The van der Waals surface area contributed by atoms with E-state index in [-0.39, 0.29) is 0 Å². The molecule has 0 aliphatic heterocycles. The highest BCUT2D eigenvalue weighted by Gasteiger charge is 2.16. The normalized spacial score (nSPS) is 11.5. The van der Waals surface area contributed by atoms with Gasteiger partial charge >= 0.3 is 0 Å². The molecule has 6 heteroatoms. The second kappa shape index (κ2) is 14.7. The maximum Gasteiger partial charge on any atom is 0.173 e. The van der Waals surface area contributed by atoms with E-state index in [0.29, 0.717) is 11.8 Å². The number of benzene rings is 2. The molecule has 38 heavy (non-hydrogen) atoms. The largest absolute Gasteiger partial charge is 0.345 e. The van der Waals surface area contributed by atoms with Crippen LogP contribution in [0.4, 0.5) is 5.69 Å². The monoisotopic (exact) mass is 552 g/mol. The number of hydrogen-bond donors (Lipinski definition) is 1. The number of hydrogen-bond acceptors (Lipinski definition) is 2. The second-order valence-corrected chi connectivity index (χ2v) is 12.1. The molecule has 0 aliphatic carbocycles. The highest BCUT2D eigenvalue weighted by molar-refractivity contribution is 7.80. The Balaban J connectivity index is 1.75. The molecule has 0 spiro atoms. The van der Waals surface area contributed by atoms with Crippen LogP contribution >= 0.6 is 23.8 Å². The van der Waals surface area contributed by atoms with Crippen molar-refractivity contribution in [1.82, 2.24) is 14.4 Å². The fourth-order valence-electron chi connectivity index (χ4n) is 4.84. The molecule has 0 radical (unpaired) electrons. The molecular formula is C32H45ClN4S. The van der Waals surface area contributed by atoms with E-state index in [9.17, 15) is 0 Å². The average molecular weight is 553 g/mol. The molecular weight excluding hydrogens is 508 g/mol. The fourth-order valence-corrected chi connectivity index (χ4v) is 5.23. The summed E-state index contributed by atoms with van der Waals surface area (Å²) in [7, 11) is 0. The molecule has 3 aromatic rings. The van der Waals surface area contributed by atoms with Gasteiger partial charge in [-0.3, -0.25) is 0 Å². The maximum absolute atomic E-state index is 6.10. The molecule has 0 amide bonds. The van der Waals surface area contributed by atoms with Gasteiger partial charge in [-0.25, -0.2) is 0 Å². The van der Waals surface area contributed by atoms with E-state index in [1.165, 1.54) is 22.4 Å². The van der Waals surface area contributed by atoms with Gasteiger partial charge in [0.05, 0.1) is 6.54 Å². The Labute approximate surface area is 241 Å². The van der Waals surface area contributed by atoms with Crippen LogP contribution in [0.5, 0.6) is 0 Å². The van der Waals surface area contributed by atoms with Gasteiger partial charge < -0.3 is 19.7 Å². The predicted octanol–water partition coefficient (Wildman–Crippen LogP) is 8.01. The first-order valence-corrected chi connectivity index (χ1v) is 14.6. The summed E-state index contributed by atoms with van der Waals surface area (Å²) < 4.78 is 2.31. The zero-order valence-electron chi connectivity index (χ0n) is 24.0. The van der Waals surface area contributed by atoms with Gasteiger partial charge in [0.25, 0.3) is 0 Å². The summed E-state index contributed by atoms with van der Waals surface area (Å²) in [5.74, 6) is 1.32. The third kappa shape index (κ3) is 9.44. The zero-order chi connectivity index (χ0) is 27.7. The summed E-state index contributed by atoms with van der Waals surface area (Å²) in [6.45, 7) is 19.3. The lowest BCUT2D eigenvalue weighted by Crippen LogP contribution is -2.38. The lowest BCUT2D eigenvalue weighted by Gasteiger charge is -2.30. The number of aromatic nitrogens is 1. The van der Waals surface area contributed by atoms with Crippen molar-refractivity contribution in [2.75, 3.05) is 31.5 Å². The highest BCUT2D eigenvalue weighted by atomic mass is 35.5. The topological polar surface area (TPSA) is 23.4 Å². The summed E-state index contributed by atoms with van der Waals surface area (Å²) in [5.41, 5.74) is 6.05. The fraction of sp³-hybridized carbons (Fsp3) is 0.469. The number of anilines is 1. The molecule has 1 N–H and O–H groups in total. The van der Waals surface area contributed by atoms with Crippen LogP contribution in [-0.2, 0) is 13.1 Å². The summed E-state index contributed by atoms with van der Waals surface area (Å²) in [6.07, 6.45) is 3.21. The Morgan fingerprint density at radius 1 is 0.921 bits per heavy atom. The third-order valence-electron chi connectivity index (χ3n) is 6.83. The number of nitrogens with one attached hydrogen (secondary N) is 1. The molecule has 1 aromatic heterocycles. The summed E-state index contributed by atoms with van der Waals surface area (Å²) in [4.78, 5) is 4.94. The van der Waals surface area contributed by atoms with E-state index in [4.69, 9.17) is 23.8 Å². The summed E-state index contributed by atoms with van der Waals surface area (Å²) >= 11 is 12.1. The Morgan fingerprint density at radius 3 is 2.26 bits per heavy atom. The first-order valence-electron chi connectivity index (χ1n) is 13.8. The van der Waals surface area contributed by atoms with Gasteiger partial charge in [-0.1, -0.05) is 63.6 Å². The number of halogens is 1. The van der Waals surface area contributed by atoms with Crippen LogP contribution in [0.1, 0.15) is 56.5 Å². The van der Waals surface area contributed by atoms with Gasteiger partial charge in [0.15, 0.2) is 5.11 Å². The van der Waals surface area contributed by atoms with Gasteiger partial charge in [-0.05, 0) is 97.9 Å². The van der Waals surface area contributed by atoms with Crippen molar-refractivity contribution >= 4 is 34.6 Å². The van der Waals surface area contributed by atoms with Gasteiger partial charge in [0.2, 0.25) is 0 Å². The minimum atomic E-state index is 0.660. The average Bonchev–Trinajstić information content (AvgIpc) is 3.28. The molecule has 0 atom stereocenters. The van der Waals surface area contributed by atoms with Gasteiger partial charge in [0.1, 0.15) is 0 Å². The molecule has 0 saturated carbocycles. The molecule has 0 fully saturated rings. The van der Waals surface area contributed by atoms with Gasteiger partial charge in [-0.2, -0.15) is 0 Å². The molecule has 3 rings (SSSR count). The van der Waals surface area contributed by atoms with Crippen molar-refractivity contribution in [1.29, 1.82) is 0 Å². The minimum absolute atomic E-state index is 0.660. The molecule has 0 unspecified atom stereocenters. The van der Waals surface area contributed by atoms with Crippen molar-refractivity contribution in [3.05, 3.63) is 88.2 Å². The Bertz CT molecular complexity index is 1140. The number of aryl methyl sites for hydroxylation is 1. The van der Waals surface area contributed by atoms with Crippen molar-refractivity contribution in [3.8, 4) is 0 Å². The van der Waals surface area contributed by atoms with Gasteiger partial charge in [0, 0.05) is 48.8 Å². The van der Waals surface area contributed by atoms with Crippen LogP contribution in [0.3, 0.4) is 0 Å². The van der Waals surface area contributed by atoms with Crippen molar-refractivity contribution < 1.29 is 0 Å². The minimum Gasteiger partial charge on any atom is -0.345 e. The molecule has 206 valence electrons. The van der Waals surface area contributed by atoms with E-state index in [1.807, 2.05) is 12.1 Å². The molecule has 0 bridgehead atoms. The third-order valence-corrected chi connectivity index (χ3v) is 7.44. The Morgan fingerprint density at radius 2 is 1.61 bits per heavy atom. The quantitative estimate of drug-likeness (QED) is 0.217. The number of rotatable bonds is 13. The van der Waals surface area contributed by atoms with Crippen LogP contribution < -0.4 is 5.32 Å². The van der Waals surface area contributed by atoms with Crippen LogP contribution in [0, 0.1) is 25.7 Å². The smallest absolute Gasteiger partial charge is 0.173 e. The highest BCUT2D eigenvalue weighted by Crippen LogP contribution is 2.20. The van der Waals surface area contributed by atoms with E-state index < -0.39 is 0 Å². The first-order chi connectivity index (χ1) is 18.1. The molecule has 1 heterocycles. The molecule has 0 saturated heterocycles. The Kier molecular flexibility index (Phi) is 11.7. The first kappa shape index (κ1) is 30.2. The Hall–Kier alpha value is -2.34. The summed E-state index contributed by atoms with van der Waals surface area (Å²) in [6, 6.07) is 18.8. The lowest BCUT2D eigenvalue weighted by atomic mass is 10.1. The van der Waals surface area contributed by atoms with Crippen molar-refractivity contribution in [2.45, 2.75) is 61.1 Å².